The van der Waals surface area contributed by atoms with Gasteiger partial charge in [0.05, 0.1) is 6.61 Å². The molecule has 0 rings (SSSR count). The quantitative estimate of drug-likeness (QED) is 0.196. The fraction of sp³-hybridized carbons (Fsp3) is 0.727. The number of rotatable bonds is 10. The monoisotopic (exact) mass is 276 g/mol. The number of ether oxygens (including phenoxy) is 4. The highest BCUT2D eigenvalue weighted by atomic mass is 28.2. The Hall–Kier alpha value is -0.733. The van der Waals surface area contributed by atoms with Gasteiger partial charge in [0.15, 0.2) is 0 Å². The summed E-state index contributed by atoms with van der Waals surface area (Å²) in [6.07, 6.45) is -0.766. The molecule has 7 heteroatoms. The number of hydrogen-bond donors (Lipinski definition) is 0. The number of hydrogen-bond acceptors (Lipinski definition) is 6. The molecule has 0 amide bonds. The van der Waals surface area contributed by atoms with E-state index >= 15 is 0 Å². The molecule has 0 spiro atoms. The van der Waals surface area contributed by atoms with Crippen LogP contribution in [-0.2, 0) is 28.2 Å². The third-order valence-electron chi connectivity index (χ3n) is 1.95. The highest BCUT2D eigenvalue weighted by Crippen LogP contribution is 2.13. The van der Waals surface area contributed by atoms with Crippen molar-refractivity contribution in [2.45, 2.75) is 25.5 Å². The normalized spacial score (nSPS) is 11.3. The molecule has 0 unspecified atom stereocenters. The Morgan fingerprint density at radius 1 is 1.22 bits per heavy atom. The summed E-state index contributed by atoms with van der Waals surface area (Å²) in [4.78, 5) is 11.1. The molecule has 0 aliphatic carbocycles. The maximum absolute atomic E-state index is 11.1. The highest BCUT2D eigenvalue weighted by Gasteiger charge is 2.30. The van der Waals surface area contributed by atoms with E-state index in [0.717, 1.165) is 0 Å². The van der Waals surface area contributed by atoms with Crippen LogP contribution in [0.4, 0.5) is 0 Å². The molecule has 0 heterocycles. The van der Waals surface area contributed by atoms with Gasteiger partial charge >= 0.3 is 12.1 Å². The molecule has 0 atom stereocenters. The van der Waals surface area contributed by atoms with Gasteiger partial charge in [-0.3, -0.25) is 0 Å². The molecule has 0 fully saturated rings. The molecule has 0 bridgehead atoms. The van der Waals surface area contributed by atoms with Crippen LogP contribution in [0.3, 0.4) is 0 Å². The lowest BCUT2D eigenvalue weighted by atomic mass is 10.4. The Morgan fingerprint density at radius 3 is 2.22 bits per heavy atom. The molecule has 0 aromatic heterocycles. The zero-order valence-electron chi connectivity index (χ0n) is 11.3. The van der Waals surface area contributed by atoms with E-state index in [-0.39, 0.29) is 15.7 Å². The van der Waals surface area contributed by atoms with Crippen LogP contribution in [0.5, 0.6) is 0 Å². The first kappa shape index (κ1) is 17.3. The molecular weight excluding hydrogens is 256 g/mol. The fourth-order valence-corrected chi connectivity index (χ4v) is 1.76. The van der Waals surface area contributed by atoms with Gasteiger partial charge in [-0.2, -0.15) is 0 Å². The molecule has 104 valence electrons. The van der Waals surface area contributed by atoms with Gasteiger partial charge in [-0.15, -0.1) is 0 Å². The minimum atomic E-state index is -1.45. The third-order valence-corrected chi connectivity index (χ3v) is 2.90. The summed E-state index contributed by atoms with van der Waals surface area (Å²) in [5.74, 6) is -0.376. The highest BCUT2D eigenvalue weighted by molar-refractivity contribution is 6.27. The Bertz CT molecular complexity index is 256. The lowest BCUT2D eigenvalue weighted by Gasteiger charge is -2.27. The van der Waals surface area contributed by atoms with Crippen molar-refractivity contribution in [3.8, 4) is 0 Å². The van der Waals surface area contributed by atoms with Crippen LogP contribution in [0.1, 0.15) is 13.3 Å². The second-order valence-corrected chi connectivity index (χ2v) is 4.37. The Morgan fingerprint density at radius 2 is 1.78 bits per heavy atom. The van der Waals surface area contributed by atoms with E-state index in [1.807, 2.05) is 0 Å². The Labute approximate surface area is 110 Å². The largest absolute Gasteiger partial charge is 0.462 e. The van der Waals surface area contributed by atoms with Crippen LogP contribution in [0.2, 0.25) is 6.04 Å². The molecule has 0 aromatic rings. The van der Waals surface area contributed by atoms with Gasteiger partial charge in [-0.05, 0) is 19.4 Å². The Balaban J connectivity index is 3.67. The summed E-state index contributed by atoms with van der Waals surface area (Å²) in [5.41, 5.74) is 0.394. The average Bonchev–Trinajstić information content (AvgIpc) is 2.38. The van der Waals surface area contributed by atoms with Gasteiger partial charge in [0.2, 0.25) is 9.76 Å². The van der Waals surface area contributed by atoms with Crippen molar-refractivity contribution in [3.63, 3.8) is 0 Å². The third kappa shape index (κ3) is 6.27. The molecule has 0 aromatic carbocycles. The first-order valence-corrected chi connectivity index (χ1v) is 6.51. The molecule has 6 nitrogen and oxygen atoms in total. The first-order chi connectivity index (χ1) is 8.51. The topological polar surface area (TPSA) is 63.2 Å². The molecular formula is C11H20O6Si. The zero-order chi connectivity index (χ0) is 14.0. The van der Waals surface area contributed by atoms with Crippen molar-refractivity contribution >= 4 is 15.7 Å². The van der Waals surface area contributed by atoms with Crippen molar-refractivity contribution in [3.05, 3.63) is 12.2 Å². The van der Waals surface area contributed by atoms with Crippen LogP contribution in [-0.4, -0.2) is 49.8 Å². The molecule has 0 aliphatic heterocycles. The lowest BCUT2D eigenvalue weighted by molar-refractivity contribution is -0.450. The molecule has 18 heavy (non-hydrogen) atoms. The van der Waals surface area contributed by atoms with Crippen molar-refractivity contribution in [1.82, 2.24) is 0 Å². The van der Waals surface area contributed by atoms with Gasteiger partial charge in [-0.1, -0.05) is 6.58 Å². The second kappa shape index (κ2) is 9.23. The summed E-state index contributed by atoms with van der Waals surface area (Å²) in [7, 11) is 4.38. The first-order valence-electron chi connectivity index (χ1n) is 5.40. The van der Waals surface area contributed by atoms with E-state index in [9.17, 15) is 4.79 Å². The number of carbonyl (C=O) groups excluding carboxylic acids is 1. The van der Waals surface area contributed by atoms with Crippen molar-refractivity contribution in [1.29, 1.82) is 0 Å². The van der Waals surface area contributed by atoms with E-state index < -0.39 is 6.16 Å². The minimum absolute atomic E-state index is 0.113. The number of methoxy groups -OCH3 is 3. The van der Waals surface area contributed by atoms with Crippen LogP contribution in [0.25, 0.3) is 0 Å². The van der Waals surface area contributed by atoms with Gasteiger partial charge in [-0.25, -0.2) is 4.79 Å². The molecule has 0 aliphatic rings. The molecule has 0 saturated heterocycles. The minimum Gasteiger partial charge on any atom is -0.462 e. The van der Waals surface area contributed by atoms with Crippen LogP contribution < -0.4 is 0 Å². The zero-order valence-corrected chi connectivity index (χ0v) is 12.3. The van der Waals surface area contributed by atoms with Crippen molar-refractivity contribution in [2.24, 2.45) is 0 Å². The fourth-order valence-electron chi connectivity index (χ4n) is 0.947. The number of carbonyl (C=O) groups is 1. The summed E-state index contributed by atoms with van der Waals surface area (Å²) in [6, 6.07) is 0.710. The Kier molecular flexibility index (Phi) is 8.85. The van der Waals surface area contributed by atoms with Crippen LogP contribution in [0.15, 0.2) is 12.2 Å². The van der Waals surface area contributed by atoms with E-state index in [0.29, 0.717) is 24.6 Å². The molecule has 0 N–H and O–H groups in total. The SMILES string of the molecule is C=C(C)C(=O)OCCC[Si]OC(OC)(OC)OC. The summed E-state index contributed by atoms with van der Waals surface area (Å²) in [5, 5.41) is 0. The molecule has 0 saturated carbocycles. The van der Waals surface area contributed by atoms with Gasteiger partial charge in [0.1, 0.15) is 0 Å². The van der Waals surface area contributed by atoms with Crippen molar-refractivity contribution < 1.29 is 28.2 Å². The second-order valence-electron chi connectivity index (χ2n) is 3.38. The number of esters is 1. The van der Waals surface area contributed by atoms with E-state index in [1.54, 1.807) is 6.92 Å². The summed E-state index contributed by atoms with van der Waals surface area (Å²) in [6.45, 7) is 5.43. The van der Waals surface area contributed by atoms with Crippen LogP contribution >= 0.6 is 0 Å². The van der Waals surface area contributed by atoms with Crippen molar-refractivity contribution in [2.75, 3.05) is 27.9 Å². The van der Waals surface area contributed by atoms with Gasteiger partial charge < -0.3 is 23.4 Å². The smallest absolute Gasteiger partial charge is 0.401 e. The molecule has 2 radical (unpaired) electrons. The van der Waals surface area contributed by atoms with Crippen LogP contribution in [0, 0.1) is 0 Å². The average molecular weight is 276 g/mol. The van der Waals surface area contributed by atoms with E-state index in [2.05, 4.69) is 6.58 Å². The van der Waals surface area contributed by atoms with Gasteiger partial charge in [0.25, 0.3) is 0 Å². The predicted octanol–water partition coefficient (Wildman–Crippen LogP) is 1.10. The predicted molar refractivity (Wildman–Crippen MR) is 65.8 cm³/mol. The lowest BCUT2D eigenvalue weighted by Crippen LogP contribution is -2.40. The maximum atomic E-state index is 11.1. The maximum Gasteiger partial charge on any atom is 0.401 e. The standard InChI is InChI=1S/C11H20O6Si/c1-9(2)10(12)16-7-6-8-18-17-11(13-3,14-4)15-5/h1,6-8H2,2-5H3. The summed E-state index contributed by atoms with van der Waals surface area (Å²) < 4.78 is 25.1. The van der Waals surface area contributed by atoms with E-state index in [4.69, 9.17) is 23.4 Å². The van der Waals surface area contributed by atoms with E-state index in [1.165, 1.54) is 21.3 Å². The summed E-state index contributed by atoms with van der Waals surface area (Å²) >= 11 is 0. The van der Waals surface area contributed by atoms with Gasteiger partial charge in [0, 0.05) is 26.9 Å².